The predicted octanol–water partition coefficient (Wildman–Crippen LogP) is 3.01. The van der Waals surface area contributed by atoms with Crippen LogP contribution in [-0.2, 0) is 4.79 Å². The zero-order chi connectivity index (χ0) is 12.9. The minimum atomic E-state index is -0.315. The van der Waals surface area contributed by atoms with E-state index in [2.05, 4.69) is 25.2 Å². The van der Waals surface area contributed by atoms with Gasteiger partial charge in [0.15, 0.2) is 0 Å². The van der Waals surface area contributed by atoms with Crippen molar-refractivity contribution in [2.24, 2.45) is 11.3 Å². The van der Waals surface area contributed by atoms with Crippen molar-refractivity contribution in [1.82, 2.24) is 5.32 Å². The van der Waals surface area contributed by atoms with Crippen LogP contribution in [0, 0.1) is 22.7 Å². The van der Waals surface area contributed by atoms with Gasteiger partial charge in [0.2, 0.25) is 5.91 Å². The van der Waals surface area contributed by atoms with Gasteiger partial charge in [0.1, 0.15) is 6.04 Å². The summed E-state index contributed by atoms with van der Waals surface area (Å²) in [7, 11) is 0. The molecular formula is C14H24N2O. The number of carbonyl (C=O) groups is 1. The lowest BCUT2D eigenvalue weighted by Crippen LogP contribution is -2.44. The SMILES string of the molecule is CCCC(C#N)NC(=O)C1CCCCC1(C)C. The fourth-order valence-electron chi connectivity index (χ4n) is 2.71. The first-order valence-electron chi connectivity index (χ1n) is 6.71. The first-order valence-corrected chi connectivity index (χ1v) is 6.71. The fourth-order valence-corrected chi connectivity index (χ4v) is 2.71. The second-order valence-corrected chi connectivity index (χ2v) is 5.77. The van der Waals surface area contributed by atoms with E-state index in [1.807, 2.05) is 6.92 Å². The van der Waals surface area contributed by atoms with E-state index < -0.39 is 0 Å². The Labute approximate surface area is 105 Å². The van der Waals surface area contributed by atoms with E-state index in [4.69, 9.17) is 5.26 Å². The van der Waals surface area contributed by atoms with Crippen molar-refractivity contribution < 1.29 is 4.79 Å². The Balaban J connectivity index is 2.59. The van der Waals surface area contributed by atoms with E-state index in [9.17, 15) is 4.79 Å². The maximum absolute atomic E-state index is 12.2. The highest BCUT2D eigenvalue weighted by atomic mass is 16.2. The molecule has 1 N–H and O–H groups in total. The molecule has 3 heteroatoms. The van der Waals surface area contributed by atoms with E-state index in [0.717, 1.165) is 32.1 Å². The van der Waals surface area contributed by atoms with Crippen LogP contribution in [0.4, 0.5) is 0 Å². The average Bonchev–Trinajstić information content (AvgIpc) is 2.27. The van der Waals surface area contributed by atoms with Crippen LogP contribution in [0.2, 0.25) is 0 Å². The van der Waals surface area contributed by atoms with Gasteiger partial charge in [-0.05, 0) is 24.7 Å². The molecule has 96 valence electrons. The molecule has 0 heterocycles. The normalized spacial score (nSPS) is 24.7. The van der Waals surface area contributed by atoms with Crippen LogP contribution in [0.5, 0.6) is 0 Å². The third-order valence-electron chi connectivity index (χ3n) is 3.87. The number of amides is 1. The molecule has 2 atom stereocenters. The zero-order valence-electron chi connectivity index (χ0n) is 11.3. The molecule has 1 saturated carbocycles. The molecule has 1 fully saturated rings. The van der Waals surface area contributed by atoms with E-state index >= 15 is 0 Å². The molecule has 2 unspecified atom stereocenters. The van der Waals surface area contributed by atoms with Gasteiger partial charge in [-0.3, -0.25) is 4.79 Å². The van der Waals surface area contributed by atoms with Crippen molar-refractivity contribution in [2.75, 3.05) is 0 Å². The van der Waals surface area contributed by atoms with Crippen LogP contribution in [0.15, 0.2) is 0 Å². The van der Waals surface area contributed by atoms with Gasteiger partial charge in [0.05, 0.1) is 6.07 Å². The standard InChI is InChI=1S/C14H24N2O/c1-4-7-11(10-15)16-13(17)12-8-5-6-9-14(12,2)3/h11-12H,4-9H2,1-3H3,(H,16,17). The Kier molecular flexibility index (Phi) is 4.99. The molecule has 0 aromatic carbocycles. The minimum Gasteiger partial charge on any atom is -0.340 e. The maximum Gasteiger partial charge on any atom is 0.224 e. The monoisotopic (exact) mass is 236 g/mol. The molecule has 17 heavy (non-hydrogen) atoms. The summed E-state index contributed by atoms with van der Waals surface area (Å²) in [4.78, 5) is 12.2. The summed E-state index contributed by atoms with van der Waals surface area (Å²) < 4.78 is 0. The first kappa shape index (κ1) is 14.0. The van der Waals surface area contributed by atoms with E-state index in [0.29, 0.717) is 0 Å². The molecule has 1 amide bonds. The maximum atomic E-state index is 12.2. The number of hydrogen-bond acceptors (Lipinski definition) is 2. The largest absolute Gasteiger partial charge is 0.340 e. The number of hydrogen-bond donors (Lipinski definition) is 1. The molecular weight excluding hydrogens is 212 g/mol. The second-order valence-electron chi connectivity index (χ2n) is 5.77. The number of rotatable bonds is 4. The summed E-state index contributed by atoms with van der Waals surface area (Å²) >= 11 is 0. The zero-order valence-corrected chi connectivity index (χ0v) is 11.3. The Hall–Kier alpha value is -1.04. The van der Waals surface area contributed by atoms with Gasteiger partial charge in [-0.25, -0.2) is 0 Å². The van der Waals surface area contributed by atoms with Crippen LogP contribution >= 0.6 is 0 Å². The molecule has 1 aliphatic rings. The van der Waals surface area contributed by atoms with Gasteiger partial charge in [-0.15, -0.1) is 0 Å². The summed E-state index contributed by atoms with van der Waals surface area (Å²) in [6, 6.07) is 1.85. The Bertz CT molecular complexity index is 304. The molecule has 0 saturated heterocycles. The van der Waals surface area contributed by atoms with Gasteiger partial charge in [0.25, 0.3) is 0 Å². The van der Waals surface area contributed by atoms with Crippen molar-refractivity contribution in [3.8, 4) is 6.07 Å². The van der Waals surface area contributed by atoms with Crippen molar-refractivity contribution in [2.45, 2.75) is 65.3 Å². The fraction of sp³-hybridized carbons (Fsp3) is 0.857. The van der Waals surface area contributed by atoms with Gasteiger partial charge >= 0.3 is 0 Å². The minimum absolute atomic E-state index is 0.0731. The number of nitriles is 1. The van der Waals surface area contributed by atoms with E-state index in [1.165, 1.54) is 6.42 Å². The van der Waals surface area contributed by atoms with Crippen LogP contribution in [0.25, 0.3) is 0 Å². The van der Waals surface area contributed by atoms with Crippen LogP contribution < -0.4 is 5.32 Å². The Morgan fingerprint density at radius 1 is 1.53 bits per heavy atom. The number of nitrogens with one attached hydrogen (secondary N) is 1. The summed E-state index contributed by atoms with van der Waals surface area (Å²) in [6.07, 6.45) is 6.08. The average molecular weight is 236 g/mol. The summed E-state index contributed by atoms with van der Waals surface area (Å²) in [6.45, 7) is 6.36. The Morgan fingerprint density at radius 2 is 2.24 bits per heavy atom. The highest BCUT2D eigenvalue weighted by Crippen LogP contribution is 2.40. The van der Waals surface area contributed by atoms with E-state index in [1.54, 1.807) is 0 Å². The summed E-state index contributed by atoms with van der Waals surface area (Å²) in [5.41, 5.74) is 0.0779. The molecule has 3 nitrogen and oxygen atoms in total. The van der Waals surface area contributed by atoms with E-state index in [-0.39, 0.29) is 23.3 Å². The molecule has 0 spiro atoms. The van der Waals surface area contributed by atoms with Crippen LogP contribution in [0.3, 0.4) is 0 Å². The van der Waals surface area contributed by atoms with Crippen molar-refractivity contribution in [3.05, 3.63) is 0 Å². The molecule has 1 aliphatic carbocycles. The third kappa shape index (κ3) is 3.73. The van der Waals surface area contributed by atoms with Gasteiger partial charge in [-0.2, -0.15) is 5.26 Å². The highest BCUT2D eigenvalue weighted by Gasteiger charge is 2.37. The number of carbonyl (C=O) groups excluding carboxylic acids is 1. The third-order valence-corrected chi connectivity index (χ3v) is 3.87. The molecule has 1 rings (SSSR count). The van der Waals surface area contributed by atoms with Crippen molar-refractivity contribution >= 4 is 5.91 Å². The quantitative estimate of drug-likeness (QED) is 0.815. The van der Waals surface area contributed by atoms with Gasteiger partial charge in [0, 0.05) is 5.92 Å². The number of nitrogens with zero attached hydrogens (tertiary/aromatic N) is 1. The van der Waals surface area contributed by atoms with Crippen LogP contribution in [-0.4, -0.2) is 11.9 Å². The lowest BCUT2D eigenvalue weighted by Gasteiger charge is -2.37. The summed E-state index contributed by atoms with van der Waals surface area (Å²) in [5.74, 6) is 0.152. The summed E-state index contributed by atoms with van der Waals surface area (Å²) in [5, 5.41) is 11.9. The Morgan fingerprint density at radius 3 is 2.76 bits per heavy atom. The van der Waals surface area contributed by atoms with Crippen LogP contribution in [0.1, 0.15) is 59.3 Å². The molecule has 0 aliphatic heterocycles. The molecule has 0 aromatic rings. The molecule has 0 radical (unpaired) electrons. The smallest absolute Gasteiger partial charge is 0.224 e. The lowest BCUT2D eigenvalue weighted by atomic mass is 9.68. The van der Waals surface area contributed by atoms with Gasteiger partial charge < -0.3 is 5.32 Å². The lowest BCUT2D eigenvalue weighted by molar-refractivity contribution is -0.130. The molecule has 0 aromatic heterocycles. The second kappa shape index (κ2) is 6.05. The first-order chi connectivity index (χ1) is 8.01. The van der Waals surface area contributed by atoms with Crippen molar-refractivity contribution in [1.29, 1.82) is 5.26 Å². The van der Waals surface area contributed by atoms with Crippen molar-refractivity contribution in [3.63, 3.8) is 0 Å². The van der Waals surface area contributed by atoms with Gasteiger partial charge in [-0.1, -0.05) is 40.0 Å². The predicted molar refractivity (Wildman–Crippen MR) is 68.2 cm³/mol. The molecule has 0 bridgehead atoms. The topological polar surface area (TPSA) is 52.9 Å². The highest BCUT2D eigenvalue weighted by molar-refractivity contribution is 5.80.